The Labute approximate surface area is 189 Å². The second-order valence-electron chi connectivity index (χ2n) is 7.78. The SMILES string of the molecule is CCNC(=NCC1CCC(CC)CC1)NC1CCN(S(=O)(=O)C(F)(F)F)CC1.I. The predicted octanol–water partition coefficient (Wildman–Crippen LogP) is 3.69. The van der Waals surface area contributed by atoms with Gasteiger partial charge in [-0.05, 0) is 44.4 Å². The first-order valence-corrected chi connectivity index (χ1v) is 11.7. The molecule has 11 heteroatoms. The number of nitrogens with one attached hydrogen (secondary N) is 2. The number of guanidine groups is 1. The maximum atomic E-state index is 12.7. The van der Waals surface area contributed by atoms with E-state index in [0.717, 1.165) is 12.5 Å². The zero-order valence-corrected chi connectivity index (χ0v) is 20.3. The minimum atomic E-state index is -5.24. The monoisotopic (exact) mass is 554 g/mol. The van der Waals surface area contributed by atoms with Gasteiger partial charge >= 0.3 is 15.5 Å². The number of hydrogen-bond donors (Lipinski definition) is 2. The number of rotatable bonds is 6. The molecule has 0 bridgehead atoms. The third kappa shape index (κ3) is 7.71. The fourth-order valence-electron chi connectivity index (χ4n) is 3.94. The van der Waals surface area contributed by atoms with Crippen LogP contribution in [0.3, 0.4) is 0 Å². The Balaban J connectivity index is 0.00000420. The maximum absolute atomic E-state index is 12.7. The third-order valence-corrected chi connectivity index (χ3v) is 7.45. The number of hydrogen-bond acceptors (Lipinski definition) is 3. The molecule has 0 radical (unpaired) electrons. The Bertz CT molecular complexity index is 615. The summed E-state index contributed by atoms with van der Waals surface area (Å²) in [4.78, 5) is 4.67. The van der Waals surface area contributed by atoms with Gasteiger partial charge in [-0.25, -0.2) is 8.42 Å². The van der Waals surface area contributed by atoms with Crippen molar-refractivity contribution in [2.75, 3.05) is 26.2 Å². The van der Waals surface area contributed by atoms with Crippen molar-refractivity contribution in [2.24, 2.45) is 16.8 Å². The van der Waals surface area contributed by atoms with E-state index in [9.17, 15) is 21.6 Å². The Kier molecular flexibility index (Phi) is 11.0. The summed E-state index contributed by atoms with van der Waals surface area (Å²) < 4.78 is 61.6. The second kappa shape index (κ2) is 11.9. The van der Waals surface area contributed by atoms with Crippen LogP contribution in [0.15, 0.2) is 4.99 Å². The van der Waals surface area contributed by atoms with Crippen LogP contribution < -0.4 is 10.6 Å². The highest BCUT2D eigenvalue weighted by molar-refractivity contribution is 14.0. The van der Waals surface area contributed by atoms with Crippen molar-refractivity contribution >= 4 is 40.0 Å². The summed E-state index contributed by atoms with van der Waals surface area (Å²) in [6, 6.07) is -0.0895. The van der Waals surface area contributed by atoms with Crippen LogP contribution in [0.2, 0.25) is 0 Å². The average Bonchev–Trinajstić information content (AvgIpc) is 2.66. The Hall–Kier alpha value is -0.300. The topological polar surface area (TPSA) is 73.8 Å². The van der Waals surface area contributed by atoms with Gasteiger partial charge in [0, 0.05) is 32.2 Å². The number of halogens is 4. The zero-order valence-electron chi connectivity index (χ0n) is 17.2. The van der Waals surface area contributed by atoms with E-state index in [-0.39, 0.29) is 43.1 Å². The van der Waals surface area contributed by atoms with Crippen molar-refractivity contribution in [2.45, 2.75) is 70.3 Å². The van der Waals surface area contributed by atoms with Gasteiger partial charge in [-0.2, -0.15) is 17.5 Å². The molecule has 0 spiro atoms. The minimum Gasteiger partial charge on any atom is -0.357 e. The van der Waals surface area contributed by atoms with Gasteiger partial charge in [0.15, 0.2) is 5.96 Å². The van der Waals surface area contributed by atoms with Crippen molar-refractivity contribution in [1.82, 2.24) is 14.9 Å². The highest BCUT2D eigenvalue weighted by Gasteiger charge is 2.50. The lowest BCUT2D eigenvalue weighted by atomic mass is 9.81. The average molecular weight is 554 g/mol. The van der Waals surface area contributed by atoms with Gasteiger partial charge in [-0.1, -0.05) is 26.2 Å². The molecule has 0 aromatic heterocycles. The molecule has 1 aliphatic heterocycles. The van der Waals surface area contributed by atoms with Gasteiger partial charge in [-0.15, -0.1) is 24.0 Å². The summed E-state index contributed by atoms with van der Waals surface area (Å²) in [7, 11) is -5.23. The number of nitrogens with zero attached hydrogens (tertiary/aromatic N) is 2. The molecule has 2 fully saturated rings. The largest absolute Gasteiger partial charge is 0.511 e. The molecule has 2 aliphatic rings. The highest BCUT2D eigenvalue weighted by Crippen LogP contribution is 2.31. The molecule has 0 unspecified atom stereocenters. The maximum Gasteiger partial charge on any atom is 0.511 e. The van der Waals surface area contributed by atoms with E-state index in [1.165, 1.54) is 32.1 Å². The lowest BCUT2D eigenvalue weighted by molar-refractivity contribution is -0.0494. The van der Waals surface area contributed by atoms with Crippen LogP contribution in [0.25, 0.3) is 0 Å². The molecule has 0 aromatic carbocycles. The summed E-state index contributed by atoms with van der Waals surface area (Å²) in [5.74, 6) is 2.08. The summed E-state index contributed by atoms with van der Waals surface area (Å²) in [6.07, 6.45) is 6.77. The van der Waals surface area contributed by atoms with E-state index in [0.29, 0.717) is 35.6 Å². The van der Waals surface area contributed by atoms with E-state index in [1.807, 2.05) is 6.92 Å². The summed E-state index contributed by atoms with van der Waals surface area (Å²) in [6.45, 7) is 5.35. The summed E-state index contributed by atoms with van der Waals surface area (Å²) in [5, 5.41) is 6.45. The molecule has 172 valence electrons. The molecule has 2 rings (SSSR count). The number of sulfonamides is 1. The van der Waals surface area contributed by atoms with Crippen LogP contribution in [0.1, 0.15) is 58.8 Å². The normalized spacial score (nSPS) is 25.3. The molecule has 0 aromatic rings. The molecule has 1 aliphatic carbocycles. The number of alkyl halides is 3. The van der Waals surface area contributed by atoms with Crippen molar-refractivity contribution in [3.05, 3.63) is 0 Å². The first-order valence-electron chi connectivity index (χ1n) is 10.3. The molecule has 29 heavy (non-hydrogen) atoms. The van der Waals surface area contributed by atoms with Crippen LogP contribution in [0.5, 0.6) is 0 Å². The van der Waals surface area contributed by atoms with Gasteiger partial charge in [0.2, 0.25) is 0 Å². The van der Waals surface area contributed by atoms with Crippen molar-refractivity contribution in [3.63, 3.8) is 0 Å². The van der Waals surface area contributed by atoms with Crippen LogP contribution in [0.4, 0.5) is 13.2 Å². The zero-order chi connectivity index (χ0) is 20.8. The Morgan fingerprint density at radius 2 is 1.59 bits per heavy atom. The highest BCUT2D eigenvalue weighted by atomic mass is 127. The number of aliphatic imine (C=N–C) groups is 1. The molecular formula is C18H34F3IN4O2S. The molecule has 1 saturated heterocycles. The fourth-order valence-corrected chi connectivity index (χ4v) is 4.93. The second-order valence-corrected chi connectivity index (χ2v) is 9.71. The minimum absolute atomic E-state index is 0. The van der Waals surface area contributed by atoms with Gasteiger partial charge in [-0.3, -0.25) is 4.99 Å². The van der Waals surface area contributed by atoms with Crippen molar-refractivity contribution < 1.29 is 21.6 Å². The van der Waals surface area contributed by atoms with E-state index >= 15 is 0 Å². The quantitative estimate of drug-likeness (QED) is 0.299. The fraction of sp³-hybridized carbons (Fsp3) is 0.944. The first kappa shape index (κ1) is 26.7. The smallest absolute Gasteiger partial charge is 0.357 e. The van der Waals surface area contributed by atoms with Crippen LogP contribution in [-0.4, -0.2) is 56.4 Å². The van der Waals surface area contributed by atoms with E-state index < -0.39 is 15.5 Å². The molecule has 0 atom stereocenters. The predicted molar refractivity (Wildman–Crippen MR) is 120 cm³/mol. The molecular weight excluding hydrogens is 520 g/mol. The van der Waals surface area contributed by atoms with Gasteiger partial charge in [0.25, 0.3) is 0 Å². The standard InChI is InChI=1S/C18H33F3N4O2S.HI/c1-3-14-5-7-15(8-6-14)13-23-17(22-4-2)24-16-9-11-25(12-10-16)28(26,27)18(19,20)21;/h14-16H,3-13H2,1-2H3,(H2,22,23,24);1H. The van der Waals surface area contributed by atoms with Gasteiger partial charge in [0.1, 0.15) is 0 Å². The van der Waals surface area contributed by atoms with E-state index in [4.69, 9.17) is 0 Å². The Morgan fingerprint density at radius 1 is 1.03 bits per heavy atom. The first-order chi connectivity index (χ1) is 13.2. The molecule has 6 nitrogen and oxygen atoms in total. The summed E-state index contributed by atoms with van der Waals surface area (Å²) in [5.41, 5.74) is -5.24. The lowest BCUT2D eigenvalue weighted by Crippen LogP contribution is -2.51. The lowest BCUT2D eigenvalue weighted by Gasteiger charge is -2.32. The van der Waals surface area contributed by atoms with Crippen molar-refractivity contribution in [1.29, 1.82) is 0 Å². The van der Waals surface area contributed by atoms with Gasteiger partial charge < -0.3 is 10.6 Å². The molecule has 1 heterocycles. The molecule has 0 amide bonds. The third-order valence-electron chi connectivity index (χ3n) is 5.82. The Morgan fingerprint density at radius 3 is 2.07 bits per heavy atom. The van der Waals surface area contributed by atoms with Crippen LogP contribution in [0, 0.1) is 11.8 Å². The molecule has 1 saturated carbocycles. The van der Waals surface area contributed by atoms with Crippen LogP contribution >= 0.6 is 24.0 Å². The van der Waals surface area contributed by atoms with Gasteiger partial charge in [0.05, 0.1) is 0 Å². The van der Waals surface area contributed by atoms with E-state index in [2.05, 4.69) is 22.5 Å². The molecule has 2 N–H and O–H groups in total. The van der Waals surface area contributed by atoms with Crippen molar-refractivity contribution in [3.8, 4) is 0 Å². The summed E-state index contributed by atoms with van der Waals surface area (Å²) >= 11 is 0. The van der Waals surface area contributed by atoms with Crippen LogP contribution in [-0.2, 0) is 10.0 Å². The van der Waals surface area contributed by atoms with E-state index in [1.54, 1.807) is 0 Å². The number of piperidine rings is 1.